The van der Waals surface area contributed by atoms with Crippen molar-refractivity contribution in [2.75, 3.05) is 7.11 Å². The second kappa shape index (κ2) is 8.53. The quantitative estimate of drug-likeness (QED) is 0.409. The molecule has 0 bridgehead atoms. The summed E-state index contributed by atoms with van der Waals surface area (Å²) < 4.78 is 11.2. The Morgan fingerprint density at radius 1 is 0.821 bits per heavy atom. The first-order valence-corrected chi connectivity index (χ1v) is 10.4. The molecule has 0 fully saturated rings. The summed E-state index contributed by atoms with van der Waals surface area (Å²) in [6.45, 7) is 5.58. The lowest BCUT2D eigenvalue weighted by molar-refractivity contribution is 0.00690. The van der Waals surface area contributed by atoms with Gasteiger partial charge in [-0.2, -0.15) is 0 Å². The number of hydrogen-bond donors (Lipinski definition) is 0. The third-order valence-corrected chi connectivity index (χ3v) is 6.24. The molecule has 0 aliphatic rings. The minimum atomic E-state index is -0.540. The molecular weight excluding hydrogens is 368 g/mol. The average Bonchev–Trinajstić information content (AvgIpc) is 2.69. The SMILES string of the molecule is COc1cc(C(=O)OC(C)(C)C)ccc1[S+](c1ccccc1)c1ccccc1. The summed E-state index contributed by atoms with van der Waals surface area (Å²) in [7, 11) is 1.29. The molecule has 3 rings (SSSR count). The third-order valence-electron chi connectivity index (χ3n) is 3.98. The number of esters is 1. The lowest BCUT2D eigenvalue weighted by atomic mass is 10.1. The van der Waals surface area contributed by atoms with Crippen LogP contribution < -0.4 is 4.74 Å². The molecule has 0 unspecified atom stereocenters. The minimum Gasteiger partial charge on any atom is -0.491 e. The van der Waals surface area contributed by atoms with Crippen LogP contribution in [0.25, 0.3) is 0 Å². The summed E-state index contributed by atoms with van der Waals surface area (Å²) in [5.41, 5.74) is -0.0540. The fourth-order valence-corrected chi connectivity index (χ4v) is 4.99. The topological polar surface area (TPSA) is 35.5 Å². The van der Waals surface area contributed by atoms with Gasteiger partial charge in [0.15, 0.2) is 15.5 Å². The van der Waals surface area contributed by atoms with Crippen LogP contribution in [0.15, 0.2) is 93.5 Å². The van der Waals surface area contributed by atoms with Gasteiger partial charge in [-0.25, -0.2) is 4.79 Å². The Morgan fingerprint density at radius 3 is 1.82 bits per heavy atom. The van der Waals surface area contributed by atoms with Crippen LogP contribution in [-0.2, 0) is 15.6 Å². The zero-order valence-corrected chi connectivity index (χ0v) is 17.5. The van der Waals surface area contributed by atoms with Crippen LogP contribution in [0.4, 0.5) is 0 Å². The van der Waals surface area contributed by atoms with Crippen LogP contribution in [0.2, 0.25) is 0 Å². The maximum Gasteiger partial charge on any atom is 0.338 e. The Morgan fingerprint density at radius 2 is 1.36 bits per heavy atom. The zero-order chi connectivity index (χ0) is 20.1. The first-order valence-electron chi connectivity index (χ1n) is 9.15. The Bertz CT molecular complexity index is 892. The van der Waals surface area contributed by atoms with Crippen LogP contribution in [0, 0.1) is 0 Å². The first kappa shape index (κ1) is 20.0. The van der Waals surface area contributed by atoms with Crippen molar-refractivity contribution in [1.29, 1.82) is 0 Å². The van der Waals surface area contributed by atoms with Crippen LogP contribution in [0.5, 0.6) is 5.75 Å². The summed E-state index contributed by atoms with van der Waals surface area (Å²) >= 11 is 0. The standard InChI is InChI=1S/C24H25O3S/c1-24(2,3)27-23(25)18-15-16-22(21(17-18)26-4)28(19-11-7-5-8-12-19)20-13-9-6-10-14-20/h5-17H,1-4H3/q+1. The monoisotopic (exact) mass is 393 g/mol. The number of ether oxygens (including phenoxy) is 2. The largest absolute Gasteiger partial charge is 0.491 e. The lowest BCUT2D eigenvalue weighted by Crippen LogP contribution is -2.24. The molecule has 3 aromatic rings. The predicted molar refractivity (Wildman–Crippen MR) is 113 cm³/mol. The maximum absolute atomic E-state index is 12.5. The minimum absolute atomic E-state index is 0.344. The third kappa shape index (κ3) is 4.76. The van der Waals surface area contributed by atoms with Gasteiger partial charge >= 0.3 is 5.97 Å². The molecular formula is C24H25O3S+. The van der Waals surface area contributed by atoms with E-state index in [2.05, 4.69) is 24.3 Å². The predicted octanol–water partition coefficient (Wildman–Crippen LogP) is 5.75. The van der Waals surface area contributed by atoms with E-state index in [1.54, 1.807) is 13.2 Å². The average molecular weight is 394 g/mol. The molecule has 0 N–H and O–H groups in total. The van der Waals surface area contributed by atoms with Crippen molar-refractivity contribution in [2.24, 2.45) is 0 Å². The summed E-state index contributed by atoms with van der Waals surface area (Å²) in [6.07, 6.45) is 0. The van der Waals surface area contributed by atoms with Crippen molar-refractivity contribution >= 4 is 16.9 Å². The van der Waals surface area contributed by atoms with Gasteiger partial charge in [0.1, 0.15) is 16.5 Å². The van der Waals surface area contributed by atoms with E-state index in [-0.39, 0.29) is 16.9 Å². The van der Waals surface area contributed by atoms with Crippen LogP contribution in [0.3, 0.4) is 0 Å². The van der Waals surface area contributed by atoms with Crippen LogP contribution in [0.1, 0.15) is 31.1 Å². The fraction of sp³-hybridized carbons (Fsp3) is 0.208. The molecule has 0 saturated heterocycles. The summed E-state index contributed by atoms with van der Waals surface area (Å²) in [4.78, 5) is 15.9. The van der Waals surface area contributed by atoms with Gasteiger partial charge in [-0.05, 0) is 63.2 Å². The molecule has 0 heterocycles. The van der Waals surface area contributed by atoms with Crippen molar-refractivity contribution in [1.82, 2.24) is 0 Å². The van der Waals surface area contributed by atoms with Crippen molar-refractivity contribution in [3.8, 4) is 5.75 Å². The van der Waals surface area contributed by atoms with Gasteiger partial charge in [0.25, 0.3) is 0 Å². The molecule has 0 saturated carbocycles. The summed E-state index contributed by atoms with van der Waals surface area (Å²) in [5, 5.41) is 0. The molecule has 0 spiro atoms. The second-order valence-corrected chi connectivity index (χ2v) is 9.29. The number of methoxy groups -OCH3 is 1. The van der Waals surface area contributed by atoms with Crippen molar-refractivity contribution in [3.05, 3.63) is 84.4 Å². The molecule has 3 nitrogen and oxygen atoms in total. The molecule has 28 heavy (non-hydrogen) atoms. The van der Waals surface area contributed by atoms with Gasteiger partial charge in [0, 0.05) is 0 Å². The molecule has 0 aromatic heterocycles. The van der Waals surface area contributed by atoms with Gasteiger partial charge in [-0.15, -0.1) is 0 Å². The fourth-order valence-electron chi connectivity index (χ4n) is 2.80. The van der Waals surface area contributed by atoms with Crippen molar-refractivity contribution in [2.45, 2.75) is 41.1 Å². The van der Waals surface area contributed by atoms with Crippen LogP contribution >= 0.6 is 0 Å². The number of carbonyl (C=O) groups excluding carboxylic acids is 1. The Labute approximate surface area is 169 Å². The molecule has 3 aromatic carbocycles. The molecule has 0 aliphatic carbocycles. The molecule has 144 valence electrons. The van der Waals surface area contributed by atoms with E-state index in [1.807, 2.05) is 69.3 Å². The zero-order valence-electron chi connectivity index (χ0n) is 16.6. The summed E-state index contributed by atoms with van der Waals surface area (Å²) in [5.74, 6) is 0.330. The molecule has 0 radical (unpaired) electrons. The number of benzene rings is 3. The number of hydrogen-bond acceptors (Lipinski definition) is 3. The van der Waals surface area contributed by atoms with Gasteiger partial charge in [-0.3, -0.25) is 0 Å². The smallest absolute Gasteiger partial charge is 0.338 e. The van der Waals surface area contributed by atoms with Crippen molar-refractivity contribution < 1.29 is 14.3 Å². The Kier molecular flexibility index (Phi) is 6.10. The molecule has 0 amide bonds. The van der Waals surface area contributed by atoms with Gasteiger partial charge < -0.3 is 9.47 Å². The highest BCUT2D eigenvalue weighted by Gasteiger charge is 2.32. The summed E-state index contributed by atoms with van der Waals surface area (Å²) in [6, 6.07) is 26.2. The van der Waals surface area contributed by atoms with Crippen LogP contribution in [-0.4, -0.2) is 18.7 Å². The van der Waals surface area contributed by atoms with E-state index in [0.717, 1.165) is 4.90 Å². The van der Waals surface area contributed by atoms with Gasteiger partial charge in [-0.1, -0.05) is 36.4 Å². The Hall–Kier alpha value is -2.72. The van der Waals surface area contributed by atoms with E-state index in [0.29, 0.717) is 11.3 Å². The molecule has 4 heteroatoms. The van der Waals surface area contributed by atoms with Gasteiger partial charge in [0.2, 0.25) is 4.90 Å². The van der Waals surface area contributed by atoms with E-state index in [1.165, 1.54) is 9.79 Å². The van der Waals surface area contributed by atoms with Gasteiger partial charge in [0.05, 0.1) is 12.7 Å². The highest BCUT2D eigenvalue weighted by atomic mass is 32.2. The maximum atomic E-state index is 12.5. The Balaban J connectivity index is 2.07. The first-order chi connectivity index (χ1) is 13.4. The van der Waals surface area contributed by atoms with E-state index in [9.17, 15) is 4.79 Å². The highest BCUT2D eigenvalue weighted by molar-refractivity contribution is 7.97. The number of rotatable bonds is 5. The number of carbonyl (C=O) groups is 1. The molecule has 0 atom stereocenters. The second-order valence-electron chi connectivity index (χ2n) is 7.30. The van der Waals surface area contributed by atoms with E-state index in [4.69, 9.17) is 9.47 Å². The highest BCUT2D eigenvalue weighted by Crippen LogP contribution is 2.37. The van der Waals surface area contributed by atoms with E-state index >= 15 is 0 Å². The van der Waals surface area contributed by atoms with E-state index < -0.39 is 5.60 Å². The lowest BCUT2D eigenvalue weighted by Gasteiger charge is -2.20. The molecule has 0 aliphatic heterocycles. The van der Waals surface area contributed by atoms with Crippen molar-refractivity contribution in [3.63, 3.8) is 0 Å². The normalized spacial score (nSPS) is 11.3.